The Morgan fingerprint density at radius 2 is 1.67 bits per heavy atom. The molecule has 0 aliphatic carbocycles. The maximum Gasteiger partial charge on any atom is 0.194 e. The molecule has 0 fully saturated rings. The first-order valence-corrected chi connectivity index (χ1v) is 4.93. The van der Waals surface area contributed by atoms with Crippen molar-refractivity contribution < 1.29 is 22.7 Å². The number of pyridine rings is 1. The average molecular weight is 257 g/mol. The van der Waals surface area contributed by atoms with Gasteiger partial charge in [-0.05, 0) is 24.3 Å². The van der Waals surface area contributed by atoms with Crippen molar-refractivity contribution >= 4 is 0 Å². The molecule has 1 aromatic heterocycles. The van der Waals surface area contributed by atoms with E-state index in [2.05, 4.69) is 4.98 Å². The summed E-state index contributed by atoms with van der Waals surface area (Å²) in [5, 5.41) is 9.76. The zero-order chi connectivity index (χ0) is 13.3. The molecule has 1 heterocycles. The number of halogens is 4. The van der Waals surface area contributed by atoms with Gasteiger partial charge in [0.25, 0.3) is 0 Å². The zero-order valence-corrected chi connectivity index (χ0v) is 8.87. The fourth-order valence-corrected chi connectivity index (χ4v) is 1.46. The van der Waals surface area contributed by atoms with E-state index in [1.165, 1.54) is 0 Å². The summed E-state index contributed by atoms with van der Waals surface area (Å²) in [7, 11) is 0. The van der Waals surface area contributed by atoms with Gasteiger partial charge in [-0.15, -0.1) is 0 Å². The van der Waals surface area contributed by atoms with E-state index in [1.807, 2.05) is 0 Å². The van der Waals surface area contributed by atoms with Crippen molar-refractivity contribution in [1.82, 2.24) is 4.98 Å². The Morgan fingerprint density at radius 1 is 0.944 bits per heavy atom. The second-order valence-electron chi connectivity index (χ2n) is 3.57. The van der Waals surface area contributed by atoms with Crippen LogP contribution in [0.3, 0.4) is 0 Å². The minimum absolute atomic E-state index is 0.0682. The van der Waals surface area contributed by atoms with Crippen molar-refractivity contribution in [2.75, 3.05) is 0 Å². The molecule has 0 amide bonds. The first-order valence-electron chi connectivity index (χ1n) is 4.93. The number of aromatic nitrogens is 1. The molecule has 0 aliphatic heterocycles. The highest BCUT2D eigenvalue weighted by molar-refractivity contribution is 5.28. The molecule has 2 rings (SSSR count). The predicted octanol–water partition coefficient (Wildman–Crippen LogP) is 2.72. The van der Waals surface area contributed by atoms with Crippen LogP contribution in [0.1, 0.15) is 17.4 Å². The predicted molar refractivity (Wildman–Crippen MR) is 54.6 cm³/mol. The third-order valence-corrected chi connectivity index (χ3v) is 2.39. The van der Waals surface area contributed by atoms with Crippen molar-refractivity contribution in [1.29, 1.82) is 0 Å². The van der Waals surface area contributed by atoms with Crippen molar-refractivity contribution in [3.8, 4) is 0 Å². The van der Waals surface area contributed by atoms with Gasteiger partial charge in [0.05, 0.1) is 11.9 Å². The Labute approximate surface area is 99.5 Å². The summed E-state index contributed by atoms with van der Waals surface area (Å²) < 4.78 is 51.7. The van der Waals surface area contributed by atoms with Crippen LogP contribution in [0.4, 0.5) is 17.6 Å². The molecule has 0 aliphatic rings. The Bertz CT molecular complexity index is 571. The lowest BCUT2D eigenvalue weighted by Crippen LogP contribution is -2.07. The van der Waals surface area contributed by atoms with Crippen LogP contribution in [0.2, 0.25) is 0 Å². The number of nitrogens with zero attached hydrogens (tertiary/aromatic N) is 1. The molecular weight excluding hydrogens is 250 g/mol. The number of hydrogen-bond acceptors (Lipinski definition) is 2. The molecule has 0 saturated heterocycles. The molecule has 0 radical (unpaired) electrons. The molecule has 1 N–H and O–H groups in total. The number of aliphatic hydroxyl groups excluding tert-OH is 1. The van der Waals surface area contributed by atoms with Gasteiger partial charge in [0.2, 0.25) is 0 Å². The van der Waals surface area contributed by atoms with E-state index in [9.17, 15) is 22.7 Å². The Hall–Kier alpha value is -1.95. The van der Waals surface area contributed by atoms with Crippen LogP contribution < -0.4 is 0 Å². The van der Waals surface area contributed by atoms with Gasteiger partial charge in [0, 0.05) is 5.56 Å². The summed E-state index contributed by atoms with van der Waals surface area (Å²) in [4.78, 5) is 3.54. The first kappa shape index (κ1) is 12.5. The normalized spacial score (nSPS) is 12.5. The number of benzene rings is 1. The number of hydrogen-bond donors (Lipinski definition) is 1. The quantitative estimate of drug-likeness (QED) is 0.662. The summed E-state index contributed by atoms with van der Waals surface area (Å²) in [6.07, 6.45) is -0.767. The molecule has 1 unspecified atom stereocenters. The molecule has 94 valence electrons. The van der Waals surface area contributed by atoms with E-state index in [1.54, 1.807) is 0 Å². The highest BCUT2D eigenvalue weighted by Crippen LogP contribution is 2.25. The van der Waals surface area contributed by atoms with E-state index in [0.717, 1.165) is 24.4 Å². The van der Waals surface area contributed by atoms with Crippen LogP contribution in [0.25, 0.3) is 0 Å². The van der Waals surface area contributed by atoms with Gasteiger partial charge >= 0.3 is 0 Å². The number of aliphatic hydroxyl groups is 1. The topological polar surface area (TPSA) is 33.1 Å². The maximum absolute atomic E-state index is 13.4. The Morgan fingerprint density at radius 3 is 2.28 bits per heavy atom. The van der Waals surface area contributed by atoms with Crippen molar-refractivity contribution in [2.24, 2.45) is 0 Å². The highest BCUT2D eigenvalue weighted by atomic mass is 19.2. The summed E-state index contributed by atoms with van der Waals surface area (Å²) in [5.74, 6) is -5.14. The molecule has 18 heavy (non-hydrogen) atoms. The molecular formula is C12H7F4NO. The second-order valence-corrected chi connectivity index (χ2v) is 3.57. The Balaban J connectivity index is 2.43. The third-order valence-electron chi connectivity index (χ3n) is 2.39. The first-order chi connectivity index (χ1) is 8.50. The van der Waals surface area contributed by atoms with Crippen LogP contribution >= 0.6 is 0 Å². The van der Waals surface area contributed by atoms with E-state index in [0.29, 0.717) is 6.07 Å². The van der Waals surface area contributed by atoms with E-state index < -0.39 is 34.9 Å². The van der Waals surface area contributed by atoms with Crippen molar-refractivity contribution in [3.05, 3.63) is 65.0 Å². The lowest BCUT2D eigenvalue weighted by atomic mass is 10.0. The molecule has 2 aromatic rings. The second kappa shape index (κ2) is 4.73. The van der Waals surface area contributed by atoms with Gasteiger partial charge in [-0.2, -0.15) is 0 Å². The molecule has 1 aromatic carbocycles. The highest BCUT2D eigenvalue weighted by Gasteiger charge is 2.21. The molecule has 6 heteroatoms. The third kappa shape index (κ3) is 2.19. The van der Waals surface area contributed by atoms with Gasteiger partial charge in [-0.25, -0.2) is 17.6 Å². The lowest BCUT2D eigenvalue weighted by Gasteiger charge is -2.11. The fraction of sp³-hybridized carbons (Fsp3) is 0.0833. The standard InChI is InChI=1S/C12H7F4NO/c13-6-1-4-9(17-5-6)12(18)7-2-3-8(14)11(16)10(7)15/h1-5,12,18H. The summed E-state index contributed by atoms with van der Waals surface area (Å²) in [5.41, 5.74) is -0.533. The van der Waals surface area contributed by atoms with E-state index in [-0.39, 0.29) is 5.69 Å². The molecule has 0 saturated carbocycles. The lowest BCUT2D eigenvalue weighted by molar-refractivity contribution is 0.207. The monoisotopic (exact) mass is 257 g/mol. The van der Waals surface area contributed by atoms with Crippen molar-refractivity contribution in [3.63, 3.8) is 0 Å². The fourth-order valence-electron chi connectivity index (χ4n) is 1.46. The van der Waals surface area contributed by atoms with Gasteiger partial charge in [-0.1, -0.05) is 0 Å². The van der Waals surface area contributed by atoms with E-state index >= 15 is 0 Å². The molecule has 0 spiro atoms. The van der Waals surface area contributed by atoms with Gasteiger partial charge in [0.1, 0.15) is 11.9 Å². The largest absolute Gasteiger partial charge is 0.382 e. The van der Waals surface area contributed by atoms with Gasteiger partial charge < -0.3 is 5.11 Å². The minimum Gasteiger partial charge on any atom is -0.382 e. The summed E-state index contributed by atoms with van der Waals surface area (Å²) in [6.45, 7) is 0. The SMILES string of the molecule is OC(c1ccc(F)cn1)c1ccc(F)c(F)c1F. The minimum atomic E-state index is -1.67. The van der Waals surface area contributed by atoms with Gasteiger partial charge in [-0.3, -0.25) is 4.98 Å². The summed E-state index contributed by atoms with van der Waals surface area (Å²) in [6, 6.07) is 3.74. The van der Waals surface area contributed by atoms with Gasteiger partial charge in [0.15, 0.2) is 17.5 Å². The maximum atomic E-state index is 13.4. The van der Waals surface area contributed by atoms with Crippen LogP contribution in [0.5, 0.6) is 0 Å². The molecule has 2 nitrogen and oxygen atoms in total. The molecule has 1 atom stereocenters. The smallest absolute Gasteiger partial charge is 0.194 e. The summed E-state index contributed by atoms with van der Waals surface area (Å²) >= 11 is 0. The zero-order valence-electron chi connectivity index (χ0n) is 8.87. The van der Waals surface area contributed by atoms with Crippen LogP contribution in [0, 0.1) is 23.3 Å². The Kier molecular flexibility index (Phi) is 3.29. The van der Waals surface area contributed by atoms with Crippen LogP contribution in [-0.2, 0) is 0 Å². The van der Waals surface area contributed by atoms with Crippen molar-refractivity contribution in [2.45, 2.75) is 6.10 Å². The number of rotatable bonds is 2. The van der Waals surface area contributed by atoms with Crippen LogP contribution in [0.15, 0.2) is 30.5 Å². The van der Waals surface area contributed by atoms with E-state index in [4.69, 9.17) is 0 Å². The van der Waals surface area contributed by atoms with Crippen LogP contribution in [-0.4, -0.2) is 10.1 Å². The molecule has 0 bridgehead atoms. The average Bonchev–Trinajstić information content (AvgIpc) is 2.36.